The highest BCUT2D eigenvalue weighted by Gasteiger charge is 2.18. The lowest BCUT2D eigenvalue weighted by Crippen LogP contribution is -2.25. The summed E-state index contributed by atoms with van der Waals surface area (Å²) in [5.74, 6) is -0.654. The van der Waals surface area contributed by atoms with Gasteiger partial charge in [-0.15, -0.1) is 5.10 Å². The quantitative estimate of drug-likeness (QED) is 0.412. The van der Waals surface area contributed by atoms with E-state index in [4.69, 9.17) is 21.1 Å². The van der Waals surface area contributed by atoms with Crippen LogP contribution in [0.4, 0.5) is 0 Å². The van der Waals surface area contributed by atoms with E-state index >= 15 is 0 Å². The van der Waals surface area contributed by atoms with Gasteiger partial charge in [0.25, 0.3) is 0 Å². The number of ether oxygens (including phenoxy) is 2. The Kier molecular flexibility index (Phi) is 6.45. The number of rotatable bonds is 7. The van der Waals surface area contributed by atoms with Gasteiger partial charge in [0.2, 0.25) is 11.8 Å². The molecule has 10 nitrogen and oxygen atoms in total. The molecule has 0 aliphatic carbocycles. The Hall–Kier alpha value is -4.05. The average Bonchev–Trinajstić information content (AvgIpc) is 3.36. The molecule has 33 heavy (non-hydrogen) atoms. The minimum Gasteiger partial charge on any atom is -0.480 e. The highest BCUT2D eigenvalue weighted by atomic mass is 35.5. The van der Waals surface area contributed by atoms with Gasteiger partial charge in [0, 0.05) is 17.0 Å². The van der Waals surface area contributed by atoms with Crippen LogP contribution in [0.5, 0.6) is 5.88 Å². The number of nitrogens with zero attached hydrogens (tertiary/aromatic N) is 5. The van der Waals surface area contributed by atoms with Gasteiger partial charge in [-0.1, -0.05) is 29.8 Å². The molecule has 4 rings (SSSR count). The Morgan fingerprint density at radius 2 is 1.94 bits per heavy atom. The molecular weight excluding hydrogens is 448 g/mol. The third-order valence-corrected chi connectivity index (χ3v) is 5.16. The molecule has 4 aromatic rings. The number of pyridine rings is 1. The van der Waals surface area contributed by atoms with Gasteiger partial charge in [0.15, 0.2) is 0 Å². The predicted molar refractivity (Wildman–Crippen MR) is 119 cm³/mol. The molecule has 168 valence electrons. The normalized spacial score (nSPS) is 10.8. The average molecular weight is 467 g/mol. The van der Waals surface area contributed by atoms with Crippen LogP contribution in [0.2, 0.25) is 5.02 Å². The maximum atomic E-state index is 12.7. The van der Waals surface area contributed by atoms with Crippen molar-refractivity contribution in [3.63, 3.8) is 0 Å². The van der Waals surface area contributed by atoms with Crippen molar-refractivity contribution < 1.29 is 19.1 Å². The lowest BCUT2D eigenvalue weighted by Gasteiger charge is -2.13. The molecular formula is C22H19ClN6O4. The zero-order valence-corrected chi connectivity index (χ0v) is 18.5. The van der Waals surface area contributed by atoms with Crippen molar-refractivity contribution in [3.8, 4) is 11.6 Å². The van der Waals surface area contributed by atoms with E-state index in [-0.39, 0.29) is 30.3 Å². The number of benzene rings is 2. The van der Waals surface area contributed by atoms with Crippen molar-refractivity contribution >= 4 is 34.4 Å². The second kappa shape index (κ2) is 9.61. The number of tetrazole rings is 1. The molecule has 1 amide bonds. The fourth-order valence-corrected chi connectivity index (χ4v) is 3.68. The highest BCUT2D eigenvalue weighted by Crippen LogP contribution is 2.28. The number of carbonyl (C=O) groups excluding carboxylic acids is 2. The summed E-state index contributed by atoms with van der Waals surface area (Å²) in [6, 6.07) is 12.4. The number of halogens is 1. The summed E-state index contributed by atoms with van der Waals surface area (Å²) < 4.78 is 11.6. The van der Waals surface area contributed by atoms with Crippen LogP contribution in [0.1, 0.15) is 21.5 Å². The van der Waals surface area contributed by atoms with E-state index < -0.39 is 5.97 Å². The Balaban J connectivity index is 1.57. The monoisotopic (exact) mass is 466 g/mol. The number of para-hydroxylation sites is 1. The molecule has 2 heterocycles. The van der Waals surface area contributed by atoms with Gasteiger partial charge in [-0.3, -0.25) is 4.79 Å². The first kappa shape index (κ1) is 22.2. The third kappa shape index (κ3) is 4.75. The van der Waals surface area contributed by atoms with Crippen molar-refractivity contribution in [2.75, 3.05) is 14.2 Å². The van der Waals surface area contributed by atoms with Crippen molar-refractivity contribution in [1.29, 1.82) is 0 Å². The second-order valence-corrected chi connectivity index (χ2v) is 7.45. The molecule has 1 N–H and O–H groups in total. The third-order valence-electron chi connectivity index (χ3n) is 4.94. The van der Waals surface area contributed by atoms with E-state index in [0.717, 1.165) is 5.56 Å². The smallest absolute Gasteiger partial charge is 0.343 e. The molecule has 0 spiro atoms. The zero-order valence-electron chi connectivity index (χ0n) is 17.8. The molecule has 0 aliphatic rings. The summed E-state index contributed by atoms with van der Waals surface area (Å²) in [5.41, 5.74) is 2.89. The Labute approximate surface area is 193 Å². The van der Waals surface area contributed by atoms with Crippen LogP contribution in [0.15, 0.2) is 48.8 Å². The number of hydrogen-bond donors (Lipinski definition) is 1. The van der Waals surface area contributed by atoms with E-state index in [2.05, 4.69) is 25.8 Å². The number of methoxy groups -OCH3 is 2. The van der Waals surface area contributed by atoms with Gasteiger partial charge in [0.1, 0.15) is 11.9 Å². The first-order valence-electron chi connectivity index (χ1n) is 9.83. The number of amides is 1. The number of carbonyl (C=O) groups is 2. The Morgan fingerprint density at radius 1 is 1.12 bits per heavy atom. The summed E-state index contributed by atoms with van der Waals surface area (Å²) in [5, 5.41) is 15.1. The topological polar surface area (TPSA) is 121 Å². The maximum absolute atomic E-state index is 12.7. The lowest BCUT2D eigenvalue weighted by molar-refractivity contribution is -0.120. The van der Waals surface area contributed by atoms with Crippen molar-refractivity contribution in [2.45, 2.75) is 13.0 Å². The van der Waals surface area contributed by atoms with Crippen LogP contribution in [0.25, 0.3) is 16.6 Å². The second-order valence-electron chi connectivity index (χ2n) is 7.01. The minimum absolute atomic E-state index is 0.123. The van der Waals surface area contributed by atoms with E-state index in [1.165, 1.54) is 25.2 Å². The van der Waals surface area contributed by atoms with E-state index in [9.17, 15) is 9.59 Å². The fraction of sp³-hybridized carbons (Fsp3) is 0.182. The highest BCUT2D eigenvalue weighted by molar-refractivity contribution is 6.31. The summed E-state index contributed by atoms with van der Waals surface area (Å²) in [6.45, 7) is 0.177. The maximum Gasteiger partial charge on any atom is 0.343 e. The minimum atomic E-state index is -0.572. The molecule has 0 atom stereocenters. The molecule has 11 heteroatoms. The Bertz CT molecular complexity index is 1330. The molecule has 0 saturated heterocycles. The molecule has 0 bridgehead atoms. The van der Waals surface area contributed by atoms with Crippen molar-refractivity contribution in [2.24, 2.45) is 0 Å². The molecule has 2 aromatic heterocycles. The van der Waals surface area contributed by atoms with Crippen LogP contribution in [0.3, 0.4) is 0 Å². The molecule has 0 unspecified atom stereocenters. The van der Waals surface area contributed by atoms with Gasteiger partial charge in [-0.2, -0.15) is 0 Å². The zero-order chi connectivity index (χ0) is 23.4. The number of fused-ring (bicyclic) bond motifs is 1. The van der Waals surface area contributed by atoms with Crippen LogP contribution >= 0.6 is 11.6 Å². The molecule has 0 fully saturated rings. The summed E-state index contributed by atoms with van der Waals surface area (Å²) in [6.07, 6.45) is 1.59. The number of nitrogens with one attached hydrogen (secondary N) is 1. The van der Waals surface area contributed by atoms with Crippen LogP contribution in [-0.2, 0) is 22.5 Å². The van der Waals surface area contributed by atoms with E-state index in [1.807, 2.05) is 24.3 Å². The van der Waals surface area contributed by atoms with Crippen LogP contribution in [0, 0.1) is 0 Å². The van der Waals surface area contributed by atoms with Gasteiger partial charge < -0.3 is 14.8 Å². The standard InChI is InChI=1S/C22H19ClN6O4/c1-32-21-17(22(31)33-2)9-14-7-16(23)8-15(20(14)26-21)11-24-19(30)10-13-5-3-4-6-18(13)29-12-25-27-28-29/h3-9,12H,10-11H2,1-2H3,(H,24,30). The van der Waals surface area contributed by atoms with Crippen LogP contribution < -0.4 is 10.1 Å². The first-order chi connectivity index (χ1) is 16.0. The van der Waals surface area contributed by atoms with Gasteiger partial charge in [-0.25, -0.2) is 14.5 Å². The van der Waals surface area contributed by atoms with E-state index in [1.54, 1.807) is 18.2 Å². The SMILES string of the molecule is COC(=O)c1cc2cc(Cl)cc(CNC(=O)Cc3ccccc3-n3cnnn3)c2nc1OC. The largest absolute Gasteiger partial charge is 0.480 e. The van der Waals surface area contributed by atoms with Crippen molar-refractivity contribution in [3.05, 3.63) is 70.5 Å². The van der Waals surface area contributed by atoms with Gasteiger partial charge >= 0.3 is 5.97 Å². The molecule has 0 saturated carbocycles. The molecule has 2 aromatic carbocycles. The summed E-state index contributed by atoms with van der Waals surface area (Å²) >= 11 is 6.28. The van der Waals surface area contributed by atoms with Crippen LogP contribution in [-0.4, -0.2) is 51.3 Å². The summed E-state index contributed by atoms with van der Waals surface area (Å²) in [4.78, 5) is 29.2. The van der Waals surface area contributed by atoms with Gasteiger partial charge in [0.05, 0.1) is 31.8 Å². The van der Waals surface area contributed by atoms with E-state index in [0.29, 0.717) is 27.2 Å². The van der Waals surface area contributed by atoms with Gasteiger partial charge in [-0.05, 0) is 45.8 Å². The number of hydrogen-bond acceptors (Lipinski definition) is 8. The fourth-order valence-electron chi connectivity index (χ4n) is 3.44. The molecule has 0 radical (unpaired) electrons. The summed E-state index contributed by atoms with van der Waals surface area (Å²) in [7, 11) is 2.70. The predicted octanol–water partition coefficient (Wildman–Crippen LogP) is 2.52. The number of esters is 1. The first-order valence-corrected chi connectivity index (χ1v) is 10.2. The Morgan fingerprint density at radius 3 is 2.67 bits per heavy atom. The lowest BCUT2D eigenvalue weighted by atomic mass is 10.1. The molecule has 0 aliphatic heterocycles. The number of aromatic nitrogens is 5. The van der Waals surface area contributed by atoms with Crippen molar-refractivity contribution in [1.82, 2.24) is 30.5 Å².